The molecular weight excluding hydrogens is 205 g/mol. The number of benzene rings is 1. The molecule has 0 radical (unpaired) electrons. The zero-order valence-electron chi connectivity index (χ0n) is 8.05. The van der Waals surface area contributed by atoms with E-state index < -0.39 is 12.2 Å². The second kappa shape index (κ2) is 5.53. The van der Waals surface area contributed by atoms with E-state index in [2.05, 4.69) is 0 Å². The van der Waals surface area contributed by atoms with E-state index >= 15 is 0 Å². The first-order valence-electron chi connectivity index (χ1n) is 4.65. The summed E-state index contributed by atoms with van der Waals surface area (Å²) in [5.41, 5.74) is 0.846. The third kappa shape index (κ3) is 4.14. The number of carbonyl (C=O) groups excluding carboxylic acids is 1. The van der Waals surface area contributed by atoms with E-state index in [4.69, 9.17) is 0 Å². The maximum atomic E-state index is 12.5. The normalized spacial score (nSPS) is 10.7. The predicted molar refractivity (Wildman–Crippen MR) is 50.3 cm³/mol. The van der Waals surface area contributed by atoms with Gasteiger partial charge in [-0.15, -0.1) is 0 Å². The van der Waals surface area contributed by atoms with Crippen LogP contribution in [-0.4, -0.2) is 12.2 Å². The van der Waals surface area contributed by atoms with E-state index in [-0.39, 0.29) is 12.2 Å². The highest BCUT2D eigenvalue weighted by Crippen LogP contribution is 2.08. The van der Waals surface area contributed by atoms with Gasteiger partial charge in [-0.25, -0.2) is 13.2 Å². The first-order chi connectivity index (χ1) is 7.09. The van der Waals surface area contributed by atoms with Crippen LogP contribution in [0.1, 0.15) is 18.4 Å². The molecule has 0 aromatic heterocycles. The number of aryl methyl sites for hydroxylation is 1. The van der Waals surface area contributed by atoms with Gasteiger partial charge in [0.05, 0.1) is 0 Å². The highest BCUT2D eigenvalue weighted by atomic mass is 19.3. The van der Waals surface area contributed by atoms with Crippen molar-refractivity contribution >= 4 is 5.78 Å². The molecule has 0 amide bonds. The lowest BCUT2D eigenvalue weighted by Crippen LogP contribution is -2.09. The zero-order valence-corrected chi connectivity index (χ0v) is 8.05. The van der Waals surface area contributed by atoms with Gasteiger partial charge in [0.2, 0.25) is 0 Å². The van der Waals surface area contributed by atoms with Crippen LogP contribution in [0.2, 0.25) is 0 Å². The van der Waals surface area contributed by atoms with Gasteiger partial charge in [-0.3, -0.25) is 4.79 Å². The van der Waals surface area contributed by atoms with Gasteiger partial charge in [0.15, 0.2) is 5.78 Å². The molecule has 15 heavy (non-hydrogen) atoms. The summed E-state index contributed by atoms with van der Waals surface area (Å²) in [5.74, 6) is -1.36. The molecule has 0 unspecified atom stereocenters. The van der Waals surface area contributed by atoms with Crippen molar-refractivity contribution in [3.63, 3.8) is 0 Å². The van der Waals surface area contributed by atoms with Crippen LogP contribution in [-0.2, 0) is 11.2 Å². The summed E-state index contributed by atoms with van der Waals surface area (Å²) in [5, 5.41) is 0. The molecule has 0 fully saturated rings. The van der Waals surface area contributed by atoms with E-state index in [9.17, 15) is 18.0 Å². The molecule has 0 aliphatic rings. The third-order valence-electron chi connectivity index (χ3n) is 2.05. The molecule has 0 heterocycles. The lowest BCUT2D eigenvalue weighted by Gasteiger charge is -2.00. The molecule has 1 aromatic carbocycles. The molecule has 0 N–H and O–H groups in total. The van der Waals surface area contributed by atoms with Crippen LogP contribution in [0.25, 0.3) is 0 Å². The molecule has 0 saturated heterocycles. The molecule has 0 aliphatic heterocycles. The molecule has 1 aromatic rings. The van der Waals surface area contributed by atoms with Gasteiger partial charge in [0.25, 0.3) is 6.43 Å². The molecule has 1 nitrogen and oxygen atoms in total. The van der Waals surface area contributed by atoms with Crippen LogP contribution < -0.4 is 0 Å². The Balaban J connectivity index is 2.32. The number of carbonyl (C=O) groups is 1. The lowest BCUT2D eigenvalue weighted by atomic mass is 10.1. The molecule has 0 spiro atoms. The largest absolute Gasteiger partial charge is 0.295 e. The average molecular weight is 216 g/mol. The summed E-state index contributed by atoms with van der Waals surface area (Å²) in [7, 11) is 0. The predicted octanol–water partition coefficient (Wildman–Crippen LogP) is 2.98. The number of ketones is 1. The minimum absolute atomic E-state index is 0.130. The van der Waals surface area contributed by atoms with Crippen LogP contribution in [0.4, 0.5) is 13.2 Å². The summed E-state index contributed by atoms with van der Waals surface area (Å²) < 4.78 is 36.1. The number of halogens is 3. The average Bonchev–Trinajstić information content (AvgIpc) is 2.20. The monoisotopic (exact) mass is 216 g/mol. The van der Waals surface area contributed by atoms with E-state index in [0.717, 1.165) is 5.56 Å². The molecule has 0 atom stereocenters. The van der Waals surface area contributed by atoms with Gasteiger partial charge in [-0.1, -0.05) is 12.1 Å². The number of rotatable bonds is 5. The zero-order chi connectivity index (χ0) is 11.3. The van der Waals surface area contributed by atoms with E-state index in [1.807, 2.05) is 0 Å². The maximum absolute atomic E-state index is 12.5. The fraction of sp³-hybridized carbons (Fsp3) is 0.364. The molecule has 0 aliphatic carbocycles. The van der Waals surface area contributed by atoms with Gasteiger partial charge in [-0.2, -0.15) is 0 Å². The molecule has 82 valence electrons. The van der Waals surface area contributed by atoms with E-state index in [1.165, 1.54) is 12.1 Å². The Labute approximate surface area is 85.9 Å². The third-order valence-corrected chi connectivity index (χ3v) is 2.05. The number of hydrogen-bond donors (Lipinski definition) is 0. The topological polar surface area (TPSA) is 17.1 Å². The van der Waals surface area contributed by atoms with Gasteiger partial charge >= 0.3 is 0 Å². The van der Waals surface area contributed by atoms with Crippen molar-refractivity contribution in [2.45, 2.75) is 25.7 Å². The van der Waals surface area contributed by atoms with Crippen LogP contribution in [0.3, 0.4) is 0 Å². The maximum Gasteiger partial charge on any atom is 0.295 e. The lowest BCUT2D eigenvalue weighted by molar-refractivity contribution is -0.129. The molecule has 1 rings (SSSR count). The number of hydrogen-bond acceptors (Lipinski definition) is 1. The Kier molecular flexibility index (Phi) is 4.34. The van der Waals surface area contributed by atoms with Crippen LogP contribution >= 0.6 is 0 Å². The Bertz CT molecular complexity index is 319. The van der Waals surface area contributed by atoms with E-state index in [1.54, 1.807) is 12.1 Å². The Morgan fingerprint density at radius 3 is 2.33 bits per heavy atom. The smallest absolute Gasteiger partial charge is 0.293 e. The second-order valence-electron chi connectivity index (χ2n) is 3.25. The van der Waals surface area contributed by atoms with Gasteiger partial charge in [0, 0.05) is 6.42 Å². The number of Topliss-reactive ketones (excluding diaryl/α,β-unsaturated/α-hetero) is 1. The summed E-state index contributed by atoms with van der Waals surface area (Å²) in [6.45, 7) is 0. The first-order valence-corrected chi connectivity index (χ1v) is 4.65. The van der Waals surface area contributed by atoms with Crippen molar-refractivity contribution in [2.24, 2.45) is 0 Å². The van der Waals surface area contributed by atoms with Crippen LogP contribution in [0, 0.1) is 5.82 Å². The van der Waals surface area contributed by atoms with Crippen molar-refractivity contribution in [1.29, 1.82) is 0 Å². The minimum atomic E-state index is -2.88. The van der Waals surface area contributed by atoms with Gasteiger partial charge < -0.3 is 0 Å². The fourth-order valence-electron chi connectivity index (χ4n) is 1.23. The summed E-state index contributed by atoms with van der Waals surface area (Å²) in [6, 6.07) is 5.79. The van der Waals surface area contributed by atoms with Crippen molar-refractivity contribution < 1.29 is 18.0 Å². The summed E-state index contributed by atoms with van der Waals surface area (Å²) in [6.07, 6.45) is -2.12. The SMILES string of the molecule is O=C(CCCc1ccc(F)cc1)C(F)F. The quantitative estimate of drug-likeness (QED) is 0.739. The van der Waals surface area contributed by atoms with Crippen LogP contribution in [0.15, 0.2) is 24.3 Å². The van der Waals surface area contributed by atoms with Crippen molar-refractivity contribution in [2.75, 3.05) is 0 Å². The van der Waals surface area contributed by atoms with Crippen molar-refractivity contribution in [3.8, 4) is 0 Å². The highest BCUT2D eigenvalue weighted by molar-refractivity contribution is 5.81. The van der Waals surface area contributed by atoms with Crippen molar-refractivity contribution in [1.82, 2.24) is 0 Å². The standard InChI is InChI=1S/C11H11F3O/c12-9-6-4-8(5-7-9)2-1-3-10(15)11(13)14/h4-7,11H,1-3H2. The van der Waals surface area contributed by atoms with Crippen LogP contribution in [0.5, 0.6) is 0 Å². The second-order valence-corrected chi connectivity index (χ2v) is 3.25. The van der Waals surface area contributed by atoms with E-state index in [0.29, 0.717) is 12.8 Å². The Morgan fingerprint density at radius 1 is 1.20 bits per heavy atom. The fourth-order valence-corrected chi connectivity index (χ4v) is 1.23. The van der Waals surface area contributed by atoms with Crippen molar-refractivity contribution in [3.05, 3.63) is 35.6 Å². The Morgan fingerprint density at radius 2 is 1.80 bits per heavy atom. The highest BCUT2D eigenvalue weighted by Gasteiger charge is 2.13. The molecule has 4 heteroatoms. The molecule has 0 saturated carbocycles. The summed E-state index contributed by atoms with van der Waals surface area (Å²) in [4.78, 5) is 10.6. The Hall–Kier alpha value is -1.32. The van der Waals surface area contributed by atoms with Gasteiger partial charge in [-0.05, 0) is 30.5 Å². The van der Waals surface area contributed by atoms with Gasteiger partial charge in [0.1, 0.15) is 5.82 Å². The first kappa shape index (κ1) is 11.8. The summed E-state index contributed by atoms with van der Waals surface area (Å²) >= 11 is 0. The molecule has 0 bridgehead atoms. The number of alkyl halides is 2. The molecular formula is C11H11F3O. The minimum Gasteiger partial charge on any atom is -0.293 e.